The summed E-state index contributed by atoms with van der Waals surface area (Å²) in [6, 6.07) is 0. The summed E-state index contributed by atoms with van der Waals surface area (Å²) < 4.78 is 0. The lowest BCUT2D eigenvalue weighted by atomic mass is 9.88. The summed E-state index contributed by atoms with van der Waals surface area (Å²) in [7, 11) is 5.44. The number of carbonyl (C=O) groups is 6. The average molecular weight is 1100 g/mol. The van der Waals surface area contributed by atoms with Gasteiger partial charge in [0.2, 0.25) is 12.8 Å². The molecule has 77 heavy (non-hydrogen) atoms. The van der Waals surface area contributed by atoms with E-state index in [-0.39, 0.29) is 93.2 Å². The number of likely N-dealkylation sites (N-methyl/N-ethyl adjacent to an activating group) is 4. The van der Waals surface area contributed by atoms with Crippen LogP contribution in [-0.2, 0) is 9.59 Å². The molecule has 0 spiro atoms. The maximum atomic E-state index is 14.0. The summed E-state index contributed by atoms with van der Waals surface area (Å²) >= 11 is 0. The fourth-order valence-electron chi connectivity index (χ4n) is 8.44. The van der Waals surface area contributed by atoms with E-state index in [4.69, 9.17) is 0 Å². The number of aliphatic hydroxyl groups excluding tert-OH is 10. The quantitative estimate of drug-likeness (QED) is 0.0603. The minimum absolute atomic E-state index is 0.0378. The number of amides is 6. The van der Waals surface area contributed by atoms with E-state index in [1.54, 1.807) is 0 Å². The van der Waals surface area contributed by atoms with Gasteiger partial charge in [0, 0.05) is 83.0 Å². The molecule has 2 aromatic rings. The summed E-state index contributed by atoms with van der Waals surface area (Å²) in [6.45, 7) is 24.2. The summed E-state index contributed by atoms with van der Waals surface area (Å²) in [5.41, 5.74) is 1.06. The number of nitrogens with zero attached hydrogens (tertiary/aromatic N) is 6. The van der Waals surface area contributed by atoms with Crippen LogP contribution < -0.4 is 9.80 Å². The molecule has 0 saturated heterocycles. The molecule has 6 atom stereocenters. The fraction of sp³-hybridized carbons (Fsp3) is 0.673. The van der Waals surface area contributed by atoms with Gasteiger partial charge in [0.15, 0.2) is 0 Å². The average Bonchev–Trinajstić information content (AvgIpc) is 3.42. The molecular weight excluding hydrogens is 1000 g/mol. The highest BCUT2D eigenvalue weighted by Gasteiger charge is 2.34. The lowest BCUT2D eigenvalue weighted by Crippen LogP contribution is -2.41. The van der Waals surface area contributed by atoms with Gasteiger partial charge in [-0.2, -0.15) is 0 Å². The zero-order chi connectivity index (χ0) is 61.4. The van der Waals surface area contributed by atoms with Gasteiger partial charge in [-0.25, -0.2) is 0 Å². The number of carbonyl (C=O) groups excluding carboxylic acids is 6. The molecule has 0 bridgehead atoms. The zero-order valence-electron chi connectivity index (χ0n) is 50.0. The zero-order valence-corrected chi connectivity index (χ0v) is 50.0. The van der Waals surface area contributed by atoms with E-state index in [1.165, 1.54) is 69.7 Å². The van der Waals surface area contributed by atoms with E-state index in [9.17, 15) is 79.8 Å². The first kappa shape index (κ1) is 78.4. The third-order valence-electron chi connectivity index (χ3n) is 11.6. The van der Waals surface area contributed by atoms with Crippen LogP contribution in [0.3, 0.4) is 0 Å². The Bertz CT molecular complexity index is 1830. The van der Waals surface area contributed by atoms with Gasteiger partial charge in [0.1, 0.15) is 0 Å². The van der Waals surface area contributed by atoms with E-state index in [1.807, 2.05) is 69.2 Å². The van der Waals surface area contributed by atoms with Crippen molar-refractivity contribution in [3.05, 3.63) is 55.6 Å². The molecule has 22 heteroatoms. The summed E-state index contributed by atoms with van der Waals surface area (Å²) in [6.07, 6.45) is -8.08. The summed E-state index contributed by atoms with van der Waals surface area (Å²) in [5.74, 6) is -2.75. The molecule has 0 heterocycles. The third kappa shape index (κ3) is 22.3. The minimum atomic E-state index is -1.54. The van der Waals surface area contributed by atoms with Gasteiger partial charge in [-0.1, -0.05) is 69.2 Å². The van der Waals surface area contributed by atoms with E-state index in [0.29, 0.717) is 12.8 Å². The lowest BCUT2D eigenvalue weighted by molar-refractivity contribution is -0.108. The van der Waals surface area contributed by atoms with Crippen molar-refractivity contribution in [2.75, 3.05) is 104 Å². The highest BCUT2D eigenvalue weighted by atomic mass is 16.3. The normalized spacial score (nSPS) is 12.6. The van der Waals surface area contributed by atoms with Crippen molar-refractivity contribution in [2.45, 2.75) is 154 Å². The first-order valence-electron chi connectivity index (χ1n) is 26.5. The Morgan fingerprint density at radius 3 is 0.688 bits per heavy atom. The predicted molar refractivity (Wildman–Crippen MR) is 302 cm³/mol. The van der Waals surface area contributed by atoms with Gasteiger partial charge in [-0.15, -0.1) is 0 Å². The smallest absolute Gasteiger partial charge is 0.254 e. The van der Waals surface area contributed by atoms with Gasteiger partial charge >= 0.3 is 0 Å². The summed E-state index contributed by atoms with van der Waals surface area (Å²) in [5, 5.41) is 101. The van der Waals surface area contributed by atoms with Gasteiger partial charge in [-0.05, 0) is 74.9 Å². The Labute approximate surface area is 459 Å². The second-order valence-electron chi connectivity index (χ2n) is 17.1. The highest BCUT2D eigenvalue weighted by molar-refractivity contribution is 6.08. The van der Waals surface area contributed by atoms with Crippen LogP contribution in [0.5, 0.6) is 0 Å². The number of benzene rings is 2. The Morgan fingerprint density at radius 1 is 0.351 bits per heavy atom. The molecular formula is C55H100N6O16. The molecule has 10 N–H and O–H groups in total. The second-order valence-corrected chi connectivity index (χ2v) is 17.1. The fourth-order valence-corrected chi connectivity index (χ4v) is 8.44. The first-order chi connectivity index (χ1) is 36.3. The second kappa shape index (κ2) is 41.0. The number of anilines is 2. The topological polar surface area (TPSA) is 324 Å². The first-order valence-corrected chi connectivity index (χ1v) is 26.5. The maximum Gasteiger partial charge on any atom is 0.254 e. The van der Waals surface area contributed by atoms with Crippen molar-refractivity contribution in [1.82, 2.24) is 19.6 Å². The molecule has 22 nitrogen and oxygen atoms in total. The molecule has 0 aliphatic rings. The minimum Gasteiger partial charge on any atom is -0.394 e. The summed E-state index contributed by atoms with van der Waals surface area (Å²) in [4.78, 5) is 88.3. The molecule has 6 unspecified atom stereocenters. The van der Waals surface area contributed by atoms with Gasteiger partial charge in [0.05, 0.1) is 87.5 Å². The molecule has 0 saturated carbocycles. The van der Waals surface area contributed by atoms with Crippen LogP contribution in [0.25, 0.3) is 0 Å². The van der Waals surface area contributed by atoms with E-state index in [0.717, 1.165) is 29.4 Å². The van der Waals surface area contributed by atoms with E-state index < -0.39 is 106 Å². The van der Waals surface area contributed by atoms with Crippen molar-refractivity contribution >= 4 is 47.8 Å². The van der Waals surface area contributed by atoms with Crippen LogP contribution >= 0.6 is 0 Å². The largest absolute Gasteiger partial charge is 0.394 e. The highest BCUT2D eigenvalue weighted by Crippen LogP contribution is 2.37. The van der Waals surface area contributed by atoms with Crippen molar-refractivity contribution in [3.63, 3.8) is 0 Å². The monoisotopic (exact) mass is 1100 g/mol. The van der Waals surface area contributed by atoms with Crippen LogP contribution in [0.4, 0.5) is 11.4 Å². The molecule has 0 aromatic heterocycles. The number of aliphatic hydroxyl groups is 10. The molecule has 446 valence electrons. The van der Waals surface area contributed by atoms with Crippen LogP contribution in [0.1, 0.15) is 150 Å². The SMILES string of the molecule is CC.CC.CC.CC.CC.Cc1c(C(=O)N(C)CC(O)CO)c(C)c(N(C=O)CC(O)CC(O)CN(C=O)c2c(C)c(C(=O)N(C)CC(O)CO)c(C)c(C(=O)N(C)CC(O)CO)c2C)c(C)c1C(=O)N(C)CC(O)CO. The van der Waals surface area contributed by atoms with Crippen molar-refractivity contribution in [2.24, 2.45) is 0 Å². The lowest BCUT2D eigenvalue weighted by Gasteiger charge is -2.32. The van der Waals surface area contributed by atoms with Crippen LogP contribution in [0.2, 0.25) is 0 Å². The molecule has 0 aliphatic carbocycles. The number of rotatable bonds is 26. The standard InChI is InChI=1S/C45H70N6O16.5C2H6/c1-24-36(42(64)46(7)12-32(60)18-52)26(3)40(27(4)37(24)43(65)47(8)13-33(61)19-53)50(22-56)16-30(58)11-31(59)17-51(23-57)41-28(5)38(44(66)48(9)14-34(62)20-54)25(2)39(29(41)6)45(67)49(10)15-35(63)21-55;5*1-2/h22-23,30-35,52-55,58-63H,11-21H2,1-10H3;5*1-2H3. The Balaban J connectivity index is -0.00000251. The Kier molecular flexibility index (Phi) is 41.7. The third-order valence-corrected chi connectivity index (χ3v) is 11.6. The van der Waals surface area contributed by atoms with Gasteiger partial charge in [-0.3, -0.25) is 28.8 Å². The van der Waals surface area contributed by atoms with Crippen LogP contribution in [-0.4, -0.2) is 238 Å². The number of hydrogen-bond acceptors (Lipinski definition) is 16. The predicted octanol–water partition coefficient (Wildman–Crippen LogP) is 2.11. The van der Waals surface area contributed by atoms with Gasteiger partial charge < -0.3 is 80.5 Å². The molecule has 6 amide bonds. The molecule has 0 aliphatic heterocycles. The molecule has 0 fully saturated rings. The Morgan fingerprint density at radius 2 is 0.532 bits per heavy atom. The maximum absolute atomic E-state index is 14.0. The van der Waals surface area contributed by atoms with Crippen LogP contribution in [0.15, 0.2) is 0 Å². The van der Waals surface area contributed by atoms with Crippen molar-refractivity contribution < 1.29 is 79.8 Å². The number of hydrogen-bond donors (Lipinski definition) is 10. The Hall–Kier alpha value is -5.14. The van der Waals surface area contributed by atoms with Crippen molar-refractivity contribution in [3.8, 4) is 0 Å². The molecule has 2 rings (SSSR count). The molecule has 2 aromatic carbocycles. The van der Waals surface area contributed by atoms with Gasteiger partial charge in [0.25, 0.3) is 23.6 Å². The van der Waals surface area contributed by atoms with E-state index >= 15 is 0 Å². The van der Waals surface area contributed by atoms with Crippen LogP contribution in [0, 0.1) is 41.5 Å². The van der Waals surface area contributed by atoms with Crippen molar-refractivity contribution in [1.29, 1.82) is 0 Å². The van der Waals surface area contributed by atoms with E-state index in [2.05, 4.69) is 0 Å². The molecule has 0 radical (unpaired) electrons.